The maximum absolute atomic E-state index is 11.8. The van der Waals surface area contributed by atoms with Crippen molar-refractivity contribution in [2.45, 2.75) is 165 Å². The lowest BCUT2D eigenvalue weighted by atomic mass is 9.46. The van der Waals surface area contributed by atoms with Gasteiger partial charge in [0.05, 0.1) is 37.6 Å². The normalized spacial score (nSPS) is 55.1. The molecule has 1 spiro atoms. The predicted molar refractivity (Wildman–Crippen MR) is 186 cm³/mol. The highest BCUT2D eigenvalue weighted by atomic mass is 16.8. The maximum atomic E-state index is 11.8. The Morgan fingerprint density at radius 3 is 2.45 bits per heavy atom. The summed E-state index contributed by atoms with van der Waals surface area (Å²) in [6.07, 6.45) is -3.88. The molecule has 0 bridgehead atoms. The number of aliphatic hydroxyl groups is 5. The van der Waals surface area contributed by atoms with Gasteiger partial charge in [0.1, 0.15) is 30.5 Å². The molecule has 8 rings (SSSR count). The Morgan fingerprint density at radius 1 is 0.962 bits per heavy atom. The second-order valence-corrected chi connectivity index (χ2v) is 18.1. The molecule has 4 heterocycles. The third-order valence-electron chi connectivity index (χ3n) is 15.3. The van der Waals surface area contributed by atoms with Crippen LogP contribution in [0.4, 0.5) is 0 Å². The van der Waals surface area contributed by atoms with Crippen molar-refractivity contribution in [1.82, 2.24) is 0 Å². The SMILES string of the molecule is C=C1CC[C@@]2(OC1)O[C@H]1C[C@H]3[C@@H]4CC=C5C[C@@H](O)CC(O[C@@H]6OC[C@@H](O)[C@H](O)[C@H]6O[C@@H]6O[C@@H](C)[C@H](O)[C@@H](OC(C)=O)[C@H]6O)[C@]5(C)[C@H]4CC[C@]3(C)[C@H]1[C@@H]2C. The molecule has 53 heavy (non-hydrogen) atoms. The molecule has 0 amide bonds. The van der Waals surface area contributed by atoms with Crippen LogP contribution in [0.2, 0.25) is 0 Å². The zero-order chi connectivity index (χ0) is 37.8. The molecule has 4 aliphatic heterocycles. The minimum atomic E-state index is -1.60. The summed E-state index contributed by atoms with van der Waals surface area (Å²) < 4.78 is 43.4. The number of hydrogen-bond donors (Lipinski definition) is 5. The van der Waals surface area contributed by atoms with Crippen LogP contribution in [0.15, 0.2) is 23.8 Å². The number of esters is 1. The fourth-order valence-electron chi connectivity index (χ4n) is 12.5. The van der Waals surface area contributed by atoms with E-state index < -0.39 is 84.7 Å². The standard InChI is InChI=1S/C40H60O13/c1-18-9-12-40(48-16-18)19(2)30-28(53-40)15-26-24-8-7-22-13-23(42)14-29(39(22,6)25(24)10-11-38(26,30)5)51-37-35(32(45)27(43)17-47-37)52-36-33(46)34(50-21(4)41)31(44)20(3)49-36/h7,19-20,23-37,42-46H,1,8-17H2,2-6H3/t19-,20-,23+,24+,25-,26-,27+,28-,29?,30-,31-,32-,33+,34+,35+,36-,37-,38-,39-,40+/m0/s1. The van der Waals surface area contributed by atoms with E-state index >= 15 is 0 Å². The molecule has 5 N–H and O–H groups in total. The number of ether oxygens (including phenoxy) is 7. The number of carbonyl (C=O) groups is 1. The summed E-state index contributed by atoms with van der Waals surface area (Å²) in [7, 11) is 0. The van der Waals surface area contributed by atoms with Crippen molar-refractivity contribution < 1.29 is 63.5 Å². The Morgan fingerprint density at radius 2 is 1.74 bits per heavy atom. The first-order chi connectivity index (χ1) is 25.1. The average Bonchev–Trinajstić information content (AvgIpc) is 3.56. The van der Waals surface area contributed by atoms with Gasteiger partial charge < -0.3 is 58.7 Å². The Labute approximate surface area is 311 Å². The van der Waals surface area contributed by atoms with Gasteiger partial charge in [-0.15, -0.1) is 0 Å². The van der Waals surface area contributed by atoms with Crippen molar-refractivity contribution in [2.24, 2.45) is 40.4 Å². The monoisotopic (exact) mass is 748 g/mol. The molecule has 20 atom stereocenters. The Balaban J connectivity index is 1.03. The van der Waals surface area contributed by atoms with Crippen LogP contribution in [0.25, 0.3) is 0 Å². The number of allylic oxidation sites excluding steroid dienone is 1. The molecule has 4 saturated heterocycles. The highest BCUT2D eigenvalue weighted by molar-refractivity contribution is 5.66. The second-order valence-electron chi connectivity index (χ2n) is 18.1. The molecular formula is C40H60O13. The van der Waals surface area contributed by atoms with Crippen LogP contribution in [0.5, 0.6) is 0 Å². The summed E-state index contributed by atoms with van der Waals surface area (Å²) in [5.41, 5.74) is 1.96. The molecule has 13 nitrogen and oxygen atoms in total. The number of carbonyl (C=O) groups excluding carboxylic acids is 1. The largest absolute Gasteiger partial charge is 0.457 e. The quantitative estimate of drug-likeness (QED) is 0.205. The van der Waals surface area contributed by atoms with Gasteiger partial charge in [0.2, 0.25) is 0 Å². The average molecular weight is 749 g/mol. The van der Waals surface area contributed by atoms with Crippen molar-refractivity contribution in [3.63, 3.8) is 0 Å². The van der Waals surface area contributed by atoms with Crippen LogP contribution in [0, 0.1) is 40.4 Å². The zero-order valence-electron chi connectivity index (χ0n) is 31.7. The molecule has 4 aliphatic carbocycles. The first-order valence-electron chi connectivity index (χ1n) is 19.9. The third kappa shape index (κ3) is 6.11. The van der Waals surface area contributed by atoms with Crippen LogP contribution >= 0.6 is 0 Å². The first kappa shape index (κ1) is 38.4. The van der Waals surface area contributed by atoms with Crippen LogP contribution in [0.3, 0.4) is 0 Å². The van der Waals surface area contributed by atoms with Crippen molar-refractivity contribution in [2.75, 3.05) is 13.2 Å². The molecule has 298 valence electrons. The molecular weight excluding hydrogens is 688 g/mol. The van der Waals surface area contributed by atoms with Gasteiger partial charge in [0, 0.05) is 31.1 Å². The van der Waals surface area contributed by atoms with E-state index in [2.05, 4.69) is 33.4 Å². The summed E-state index contributed by atoms with van der Waals surface area (Å²) in [6.45, 7) is 14.3. The van der Waals surface area contributed by atoms with Gasteiger partial charge in [-0.2, -0.15) is 0 Å². The fraction of sp³-hybridized carbons (Fsp3) is 0.875. The summed E-state index contributed by atoms with van der Waals surface area (Å²) in [5.74, 6) is 0.561. The number of fused-ring (bicyclic) bond motifs is 7. The summed E-state index contributed by atoms with van der Waals surface area (Å²) in [5, 5.41) is 54.8. The Kier molecular flexibility index (Phi) is 10.0. The van der Waals surface area contributed by atoms with Crippen molar-refractivity contribution >= 4 is 5.97 Å². The van der Waals surface area contributed by atoms with Gasteiger partial charge in [-0.3, -0.25) is 4.79 Å². The minimum Gasteiger partial charge on any atom is -0.457 e. The Hall–Kier alpha value is -1.49. The van der Waals surface area contributed by atoms with E-state index in [0.29, 0.717) is 37.2 Å². The number of rotatable bonds is 5. The van der Waals surface area contributed by atoms with E-state index in [-0.39, 0.29) is 30.0 Å². The van der Waals surface area contributed by atoms with Crippen molar-refractivity contribution in [3.05, 3.63) is 23.8 Å². The zero-order valence-corrected chi connectivity index (χ0v) is 31.7. The van der Waals surface area contributed by atoms with E-state index in [0.717, 1.165) is 44.1 Å². The van der Waals surface area contributed by atoms with Crippen LogP contribution in [-0.2, 0) is 38.0 Å². The molecule has 1 unspecified atom stereocenters. The summed E-state index contributed by atoms with van der Waals surface area (Å²) in [4.78, 5) is 11.8. The molecule has 8 aliphatic rings. The molecule has 7 fully saturated rings. The second kappa shape index (κ2) is 13.9. The topological polar surface area (TPSA) is 183 Å². The Bertz CT molecular complexity index is 1440. The molecule has 0 aromatic rings. The van der Waals surface area contributed by atoms with E-state index in [1.165, 1.54) is 12.5 Å². The molecule has 3 saturated carbocycles. The van der Waals surface area contributed by atoms with Crippen LogP contribution < -0.4 is 0 Å². The van der Waals surface area contributed by atoms with Gasteiger partial charge in [-0.05, 0) is 74.5 Å². The lowest BCUT2D eigenvalue weighted by Gasteiger charge is -2.60. The van der Waals surface area contributed by atoms with Gasteiger partial charge in [-0.25, -0.2) is 0 Å². The lowest BCUT2D eigenvalue weighted by molar-refractivity contribution is -0.363. The number of aliphatic hydroxyl groups excluding tert-OH is 5. The van der Waals surface area contributed by atoms with Gasteiger partial charge >= 0.3 is 5.97 Å². The van der Waals surface area contributed by atoms with Crippen molar-refractivity contribution in [1.29, 1.82) is 0 Å². The highest BCUT2D eigenvalue weighted by Gasteiger charge is 2.69. The van der Waals surface area contributed by atoms with E-state index in [1.807, 2.05) is 0 Å². The van der Waals surface area contributed by atoms with Crippen LogP contribution in [-0.4, -0.2) is 124 Å². The fourth-order valence-corrected chi connectivity index (χ4v) is 12.5. The third-order valence-corrected chi connectivity index (χ3v) is 15.3. The highest BCUT2D eigenvalue weighted by Crippen LogP contribution is 2.71. The number of hydrogen-bond acceptors (Lipinski definition) is 13. The first-order valence-corrected chi connectivity index (χ1v) is 19.9. The molecule has 13 heteroatoms. The summed E-state index contributed by atoms with van der Waals surface area (Å²) in [6, 6.07) is 0. The van der Waals surface area contributed by atoms with E-state index in [1.54, 1.807) is 6.92 Å². The minimum absolute atomic E-state index is 0.0972. The van der Waals surface area contributed by atoms with Crippen molar-refractivity contribution in [3.8, 4) is 0 Å². The van der Waals surface area contributed by atoms with Gasteiger partial charge in [0.25, 0.3) is 0 Å². The van der Waals surface area contributed by atoms with E-state index in [4.69, 9.17) is 33.2 Å². The molecule has 0 radical (unpaired) electrons. The van der Waals surface area contributed by atoms with Gasteiger partial charge in [0.15, 0.2) is 24.5 Å². The molecule has 0 aromatic heterocycles. The lowest BCUT2D eigenvalue weighted by Crippen LogP contribution is -2.64. The van der Waals surface area contributed by atoms with E-state index in [9.17, 15) is 30.3 Å². The molecule has 0 aromatic carbocycles. The smallest absolute Gasteiger partial charge is 0.303 e. The van der Waals surface area contributed by atoms with Gasteiger partial charge in [-0.1, -0.05) is 44.6 Å². The van der Waals surface area contributed by atoms with Crippen LogP contribution in [0.1, 0.15) is 86.0 Å². The predicted octanol–water partition coefficient (Wildman–Crippen LogP) is 2.49. The summed E-state index contributed by atoms with van der Waals surface area (Å²) >= 11 is 0. The maximum Gasteiger partial charge on any atom is 0.303 e.